The lowest BCUT2D eigenvalue weighted by atomic mass is 10.1. The van der Waals surface area contributed by atoms with Crippen molar-refractivity contribution < 1.29 is 23.3 Å². The third-order valence-corrected chi connectivity index (χ3v) is 4.63. The molecule has 2 aromatic heterocycles. The van der Waals surface area contributed by atoms with Crippen LogP contribution in [-0.4, -0.2) is 34.2 Å². The summed E-state index contributed by atoms with van der Waals surface area (Å²) in [6, 6.07) is 7.71. The number of benzene rings is 1. The van der Waals surface area contributed by atoms with Crippen molar-refractivity contribution in [2.75, 3.05) is 18.0 Å². The number of nitro groups is 1. The number of carbonyl (C=O) groups excluding carboxylic acids is 1. The van der Waals surface area contributed by atoms with Gasteiger partial charge < -0.3 is 18.5 Å². The molecule has 1 aliphatic rings. The Bertz CT molecular complexity index is 1010. The molecule has 4 rings (SSSR count). The molecule has 10 heteroatoms. The Morgan fingerprint density at radius 3 is 2.76 bits per heavy atom. The number of anilines is 1. The van der Waals surface area contributed by atoms with Gasteiger partial charge in [0, 0.05) is 19.2 Å². The normalized spacial score (nSPS) is 14.0. The van der Waals surface area contributed by atoms with Crippen LogP contribution in [0.5, 0.6) is 0 Å². The van der Waals surface area contributed by atoms with Crippen LogP contribution in [0.25, 0.3) is 11.7 Å². The van der Waals surface area contributed by atoms with E-state index in [4.69, 9.17) is 13.6 Å². The Hall–Kier alpha value is -3.69. The summed E-state index contributed by atoms with van der Waals surface area (Å²) in [5.74, 6) is -0.0539. The van der Waals surface area contributed by atoms with Crippen molar-refractivity contribution >= 4 is 17.3 Å². The minimum atomic E-state index is -0.712. The fourth-order valence-corrected chi connectivity index (χ4v) is 3.22. The monoisotopic (exact) mass is 398 g/mol. The van der Waals surface area contributed by atoms with Crippen LogP contribution in [0.3, 0.4) is 0 Å². The van der Waals surface area contributed by atoms with Crippen LogP contribution in [0.4, 0.5) is 11.4 Å². The molecule has 0 aliphatic carbocycles. The summed E-state index contributed by atoms with van der Waals surface area (Å²) in [4.78, 5) is 25.4. The molecule has 1 aromatic carbocycles. The Labute approximate surface area is 165 Å². The molecule has 3 heterocycles. The fraction of sp³-hybridized carbons (Fsp3) is 0.316. The zero-order valence-corrected chi connectivity index (χ0v) is 15.4. The smallest absolute Gasteiger partial charge is 0.338 e. The summed E-state index contributed by atoms with van der Waals surface area (Å²) in [6.45, 7) is 1.27. The Morgan fingerprint density at radius 1 is 1.21 bits per heavy atom. The van der Waals surface area contributed by atoms with E-state index < -0.39 is 10.9 Å². The second-order valence-corrected chi connectivity index (χ2v) is 6.56. The molecule has 1 aliphatic heterocycles. The molecule has 0 bridgehead atoms. The van der Waals surface area contributed by atoms with Gasteiger partial charge >= 0.3 is 5.97 Å². The van der Waals surface area contributed by atoms with Gasteiger partial charge in [0.25, 0.3) is 17.5 Å². The van der Waals surface area contributed by atoms with Crippen LogP contribution in [0.2, 0.25) is 0 Å². The first-order valence-electron chi connectivity index (χ1n) is 9.18. The summed E-state index contributed by atoms with van der Waals surface area (Å²) in [5, 5.41) is 19.1. The van der Waals surface area contributed by atoms with Gasteiger partial charge in [0.2, 0.25) is 0 Å². The highest BCUT2D eigenvalue weighted by Gasteiger charge is 2.24. The van der Waals surface area contributed by atoms with E-state index >= 15 is 0 Å². The van der Waals surface area contributed by atoms with E-state index in [9.17, 15) is 14.9 Å². The maximum Gasteiger partial charge on any atom is 0.338 e. The summed E-state index contributed by atoms with van der Waals surface area (Å²) in [7, 11) is 0. The van der Waals surface area contributed by atoms with Gasteiger partial charge in [0.15, 0.2) is 12.4 Å². The highest BCUT2D eigenvalue weighted by molar-refractivity contribution is 5.91. The third-order valence-electron chi connectivity index (χ3n) is 4.63. The van der Waals surface area contributed by atoms with Crippen LogP contribution in [0, 0.1) is 10.1 Å². The molecule has 10 nitrogen and oxygen atoms in total. The number of esters is 1. The Balaban J connectivity index is 1.45. The molecule has 0 amide bonds. The first kappa shape index (κ1) is 18.7. The maximum atomic E-state index is 12.3. The topological polar surface area (TPSA) is 125 Å². The molecule has 0 unspecified atom stereocenters. The molecular weight excluding hydrogens is 380 g/mol. The highest BCUT2D eigenvalue weighted by atomic mass is 16.6. The molecule has 29 heavy (non-hydrogen) atoms. The van der Waals surface area contributed by atoms with Crippen LogP contribution in [-0.2, 0) is 11.3 Å². The number of rotatable bonds is 6. The van der Waals surface area contributed by atoms with Crippen molar-refractivity contribution in [1.29, 1.82) is 0 Å². The number of nitrogens with zero attached hydrogens (tertiary/aromatic N) is 4. The molecule has 0 saturated carbocycles. The molecule has 1 fully saturated rings. The molecule has 0 spiro atoms. The molecule has 3 aromatic rings. The number of carbonyl (C=O) groups is 1. The molecular formula is C19H18N4O6. The first-order valence-corrected chi connectivity index (χ1v) is 9.18. The first-order chi connectivity index (χ1) is 14.1. The van der Waals surface area contributed by atoms with Gasteiger partial charge in [0.05, 0.1) is 16.7 Å². The van der Waals surface area contributed by atoms with Crippen molar-refractivity contribution in [3.8, 4) is 11.7 Å². The summed E-state index contributed by atoms with van der Waals surface area (Å²) in [6.07, 6.45) is 4.57. The molecule has 0 radical (unpaired) electrons. The van der Waals surface area contributed by atoms with Gasteiger partial charge in [-0.1, -0.05) is 0 Å². The molecule has 1 saturated heterocycles. The predicted molar refractivity (Wildman–Crippen MR) is 100 cm³/mol. The van der Waals surface area contributed by atoms with E-state index in [0.29, 0.717) is 11.4 Å². The van der Waals surface area contributed by atoms with Gasteiger partial charge in [-0.3, -0.25) is 10.1 Å². The fourth-order valence-electron chi connectivity index (χ4n) is 3.22. The summed E-state index contributed by atoms with van der Waals surface area (Å²) in [5.41, 5.74) is 0.494. The maximum absolute atomic E-state index is 12.3. The number of piperidine rings is 1. The number of nitro benzene ring substituents is 1. The third kappa shape index (κ3) is 4.10. The summed E-state index contributed by atoms with van der Waals surface area (Å²) < 4.78 is 15.7. The van der Waals surface area contributed by atoms with E-state index in [1.165, 1.54) is 18.4 Å². The van der Waals surface area contributed by atoms with Gasteiger partial charge in [-0.25, -0.2) is 4.79 Å². The second-order valence-electron chi connectivity index (χ2n) is 6.56. The van der Waals surface area contributed by atoms with Crippen molar-refractivity contribution in [1.82, 2.24) is 10.2 Å². The Kier molecular flexibility index (Phi) is 5.23. The number of ether oxygens (including phenoxy) is 1. The van der Waals surface area contributed by atoms with Gasteiger partial charge in [-0.15, -0.1) is 10.2 Å². The van der Waals surface area contributed by atoms with Crippen LogP contribution in [0.1, 0.15) is 35.5 Å². The lowest BCUT2D eigenvalue weighted by Crippen LogP contribution is -2.30. The van der Waals surface area contributed by atoms with Gasteiger partial charge in [-0.05, 0) is 43.5 Å². The van der Waals surface area contributed by atoms with E-state index in [0.717, 1.165) is 32.4 Å². The van der Waals surface area contributed by atoms with Crippen LogP contribution < -0.4 is 4.90 Å². The predicted octanol–water partition coefficient (Wildman–Crippen LogP) is 3.59. The number of aromatic nitrogens is 2. The number of hydrogen-bond acceptors (Lipinski definition) is 9. The average molecular weight is 398 g/mol. The zero-order valence-electron chi connectivity index (χ0n) is 15.4. The SMILES string of the molecule is O=C(OCc1nnc(-c2ccco2)o1)c1ccc(N2CCCCC2)c([N+](=O)[O-])c1. The average Bonchev–Trinajstić information content (AvgIpc) is 3.44. The van der Waals surface area contributed by atoms with E-state index in [-0.39, 0.29) is 29.6 Å². The minimum Gasteiger partial charge on any atom is -0.459 e. The van der Waals surface area contributed by atoms with Gasteiger partial charge in [0.1, 0.15) is 5.69 Å². The van der Waals surface area contributed by atoms with Crippen molar-refractivity contribution in [3.05, 3.63) is 58.2 Å². The van der Waals surface area contributed by atoms with Crippen molar-refractivity contribution in [3.63, 3.8) is 0 Å². The highest BCUT2D eigenvalue weighted by Crippen LogP contribution is 2.31. The molecule has 150 valence electrons. The standard InChI is InChI=1S/C19H18N4O6/c24-19(28-12-17-20-21-18(29-17)16-5-4-10-27-16)13-6-7-14(15(11-13)23(25)26)22-8-2-1-3-9-22/h4-7,10-11H,1-3,8-9,12H2. The van der Waals surface area contributed by atoms with Crippen molar-refractivity contribution in [2.45, 2.75) is 25.9 Å². The lowest BCUT2D eigenvalue weighted by molar-refractivity contribution is -0.384. The molecule has 0 N–H and O–H groups in total. The van der Waals surface area contributed by atoms with E-state index in [1.807, 2.05) is 4.90 Å². The summed E-state index contributed by atoms with van der Waals surface area (Å²) >= 11 is 0. The number of furan rings is 1. The number of hydrogen-bond donors (Lipinski definition) is 0. The van der Waals surface area contributed by atoms with Gasteiger partial charge in [-0.2, -0.15) is 0 Å². The van der Waals surface area contributed by atoms with E-state index in [2.05, 4.69) is 10.2 Å². The zero-order chi connectivity index (χ0) is 20.2. The Morgan fingerprint density at radius 2 is 2.03 bits per heavy atom. The minimum absolute atomic E-state index is 0.0863. The molecule has 0 atom stereocenters. The largest absolute Gasteiger partial charge is 0.459 e. The van der Waals surface area contributed by atoms with E-state index in [1.54, 1.807) is 18.2 Å². The van der Waals surface area contributed by atoms with Crippen molar-refractivity contribution in [2.24, 2.45) is 0 Å². The van der Waals surface area contributed by atoms with Crippen LogP contribution >= 0.6 is 0 Å². The van der Waals surface area contributed by atoms with Crippen LogP contribution in [0.15, 0.2) is 45.4 Å². The quantitative estimate of drug-likeness (QED) is 0.348. The second kappa shape index (κ2) is 8.13. The lowest BCUT2D eigenvalue weighted by Gasteiger charge is -2.28.